The highest BCUT2D eigenvalue weighted by molar-refractivity contribution is 5.81. The normalized spacial score (nSPS) is 12.5. The molecule has 0 fully saturated rings. The lowest BCUT2D eigenvalue weighted by Crippen LogP contribution is -2.37. The maximum Gasteiger partial charge on any atom is 0.416 e. The summed E-state index contributed by atoms with van der Waals surface area (Å²) < 4.78 is 56.4. The smallest absolute Gasteiger partial charge is 0.416 e. The van der Waals surface area contributed by atoms with Crippen molar-refractivity contribution in [1.29, 1.82) is 0 Å². The first-order valence-corrected chi connectivity index (χ1v) is 7.65. The summed E-state index contributed by atoms with van der Waals surface area (Å²) in [5.41, 5.74) is -0.436. The van der Waals surface area contributed by atoms with E-state index in [0.29, 0.717) is 17.7 Å². The van der Waals surface area contributed by atoms with Gasteiger partial charge in [-0.05, 0) is 48.4 Å². The molecule has 134 valence electrons. The monoisotopic (exact) mass is 355 g/mol. The first-order chi connectivity index (χ1) is 11.8. The molecule has 7 heteroatoms. The maximum absolute atomic E-state index is 12.9. The van der Waals surface area contributed by atoms with Crippen molar-refractivity contribution in [1.82, 2.24) is 5.32 Å². The predicted molar refractivity (Wildman–Crippen MR) is 84.4 cm³/mol. The second-order valence-corrected chi connectivity index (χ2v) is 5.38. The number of halogens is 4. The molecule has 25 heavy (non-hydrogen) atoms. The Hall–Kier alpha value is -2.57. The molecule has 0 aliphatic heterocycles. The average molecular weight is 355 g/mol. The van der Waals surface area contributed by atoms with Crippen LogP contribution < -0.4 is 10.1 Å². The van der Waals surface area contributed by atoms with E-state index in [-0.39, 0.29) is 6.54 Å². The number of carbonyl (C=O) groups is 1. The van der Waals surface area contributed by atoms with Gasteiger partial charge in [0.2, 0.25) is 0 Å². The zero-order valence-electron chi connectivity index (χ0n) is 13.4. The highest BCUT2D eigenvalue weighted by Gasteiger charge is 2.30. The van der Waals surface area contributed by atoms with Crippen molar-refractivity contribution < 1.29 is 27.1 Å². The van der Waals surface area contributed by atoms with Crippen LogP contribution in [0.2, 0.25) is 0 Å². The van der Waals surface area contributed by atoms with Crippen molar-refractivity contribution in [2.24, 2.45) is 0 Å². The average Bonchev–Trinajstić information content (AvgIpc) is 2.58. The zero-order chi connectivity index (χ0) is 18.4. The van der Waals surface area contributed by atoms with Crippen LogP contribution in [0, 0.1) is 5.82 Å². The highest BCUT2D eigenvalue weighted by atomic mass is 19.4. The fourth-order valence-corrected chi connectivity index (χ4v) is 2.16. The number of nitrogens with one attached hydrogen (secondary N) is 1. The molecule has 2 rings (SSSR count). The van der Waals surface area contributed by atoms with Crippen molar-refractivity contribution >= 4 is 5.91 Å². The quantitative estimate of drug-likeness (QED) is 0.784. The standard InChI is InChI=1S/C18H17F4NO2/c1-2-16(25-15-8-6-14(19)7-9-15)17(24)23-11-12-4-3-5-13(10-12)18(20,21)22/h3-10,16H,2,11H2,1H3,(H,23,24)/t16-/m0/s1. The summed E-state index contributed by atoms with van der Waals surface area (Å²) in [5, 5.41) is 2.55. The summed E-state index contributed by atoms with van der Waals surface area (Å²) in [6.07, 6.45) is -4.90. The molecule has 2 aromatic carbocycles. The number of hydrogen-bond acceptors (Lipinski definition) is 2. The van der Waals surface area contributed by atoms with Crippen molar-refractivity contribution in [2.45, 2.75) is 32.2 Å². The van der Waals surface area contributed by atoms with Gasteiger partial charge in [0.25, 0.3) is 5.91 Å². The predicted octanol–water partition coefficient (Wildman–Crippen LogP) is 4.32. The van der Waals surface area contributed by atoms with E-state index >= 15 is 0 Å². The third-order valence-electron chi connectivity index (χ3n) is 3.48. The molecule has 0 bridgehead atoms. The van der Waals surface area contributed by atoms with Crippen LogP contribution >= 0.6 is 0 Å². The summed E-state index contributed by atoms with van der Waals surface area (Å²) >= 11 is 0. The molecule has 0 spiro atoms. The summed E-state index contributed by atoms with van der Waals surface area (Å²) in [7, 11) is 0. The van der Waals surface area contributed by atoms with Gasteiger partial charge in [-0.15, -0.1) is 0 Å². The van der Waals surface area contributed by atoms with Gasteiger partial charge < -0.3 is 10.1 Å². The molecule has 0 aliphatic rings. The number of rotatable bonds is 6. The van der Waals surface area contributed by atoms with Crippen molar-refractivity contribution in [3.8, 4) is 5.75 Å². The van der Waals surface area contributed by atoms with E-state index in [1.807, 2.05) is 0 Å². The maximum atomic E-state index is 12.9. The topological polar surface area (TPSA) is 38.3 Å². The number of carbonyl (C=O) groups excluding carboxylic acids is 1. The van der Waals surface area contributed by atoms with E-state index in [1.54, 1.807) is 6.92 Å². The molecular weight excluding hydrogens is 338 g/mol. The molecule has 1 amide bonds. The summed E-state index contributed by atoms with van der Waals surface area (Å²) in [6, 6.07) is 9.97. The van der Waals surface area contributed by atoms with Gasteiger partial charge in [0.1, 0.15) is 11.6 Å². The Morgan fingerprint density at radius 2 is 1.84 bits per heavy atom. The first-order valence-electron chi connectivity index (χ1n) is 7.65. The van der Waals surface area contributed by atoms with E-state index in [4.69, 9.17) is 4.74 Å². The first kappa shape index (κ1) is 18.8. The minimum atomic E-state index is -4.43. The largest absolute Gasteiger partial charge is 0.481 e. The number of ether oxygens (including phenoxy) is 1. The molecule has 0 saturated carbocycles. The van der Waals surface area contributed by atoms with Gasteiger partial charge >= 0.3 is 6.18 Å². The van der Waals surface area contributed by atoms with Crippen molar-refractivity contribution in [3.63, 3.8) is 0 Å². The minimum absolute atomic E-state index is 0.0496. The molecule has 1 atom stereocenters. The molecule has 0 unspecified atom stereocenters. The number of hydrogen-bond donors (Lipinski definition) is 1. The SMILES string of the molecule is CC[C@H](Oc1ccc(F)cc1)C(=O)NCc1cccc(C(F)(F)F)c1. The van der Waals surface area contributed by atoms with E-state index in [1.165, 1.54) is 36.4 Å². The van der Waals surface area contributed by atoms with Crippen LogP contribution in [0.15, 0.2) is 48.5 Å². The van der Waals surface area contributed by atoms with Crippen LogP contribution in [-0.2, 0) is 17.5 Å². The Morgan fingerprint density at radius 1 is 1.16 bits per heavy atom. The zero-order valence-corrected chi connectivity index (χ0v) is 13.4. The highest BCUT2D eigenvalue weighted by Crippen LogP contribution is 2.29. The Kier molecular flexibility index (Phi) is 6.01. The van der Waals surface area contributed by atoms with Gasteiger partial charge in [-0.3, -0.25) is 4.79 Å². The second-order valence-electron chi connectivity index (χ2n) is 5.38. The Bertz CT molecular complexity index is 714. The van der Waals surface area contributed by atoms with E-state index in [9.17, 15) is 22.4 Å². The molecule has 0 heterocycles. The summed E-state index contributed by atoms with van der Waals surface area (Å²) in [4.78, 5) is 12.2. The number of benzene rings is 2. The van der Waals surface area contributed by atoms with Crippen LogP contribution in [0.1, 0.15) is 24.5 Å². The van der Waals surface area contributed by atoms with Crippen LogP contribution in [-0.4, -0.2) is 12.0 Å². The third-order valence-corrected chi connectivity index (χ3v) is 3.48. The van der Waals surface area contributed by atoms with Crippen LogP contribution in [0.5, 0.6) is 5.75 Å². The molecule has 1 N–H and O–H groups in total. The lowest BCUT2D eigenvalue weighted by Gasteiger charge is -2.17. The van der Waals surface area contributed by atoms with Gasteiger partial charge in [-0.25, -0.2) is 4.39 Å². The number of amides is 1. The van der Waals surface area contributed by atoms with E-state index in [0.717, 1.165) is 12.1 Å². The summed E-state index contributed by atoms with van der Waals surface area (Å²) in [6.45, 7) is 1.68. The molecular formula is C18H17F4NO2. The van der Waals surface area contributed by atoms with Gasteiger partial charge in [-0.2, -0.15) is 13.2 Å². The van der Waals surface area contributed by atoms with Crippen LogP contribution in [0.25, 0.3) is 0 Å². The molecule has 0 radical (unpaired) electrons. The lowest BCUT2D eigenvalue weighted by atomic mass is 10.1. The fourth-order valence-electron chi connectivity index (χ4n) is 2.16. The van der Waals surface area contributed by atoms with Gasteiger partial charge in [-0.1, -0.05) is 19.1 Å². The Morgan fingerprint density at radius 3 is 2.44 bits per heavy atom. The molecule has 3 nitrogen and oxygen atoms in total. The van der Waals surface area contributed by atoms with E-state index < -0.39 is 29.6 Å². The molecule has 2 aromatic rings. The Balaban J connectivity index is 1.97. The molecule has 0 aromatic heterocycles. The van der Waals surface area contributed by atoms with E-state index in [2.05, 4.69) is 5.32 Å². The van der Waals surface area contributed by atoms with Gasteiger partial charge in [0, 0.05) is 6.54 Å². The van der Waals surface area contributed by atoms with Crippen molar-refractivity contribution in [3.05, 3.63) is 65.5 Å². The van der Waals surface area contributed by atoms with Gasteiger partial charge in [0.15, 0.2) is 6.10 Å². The minimum Gasteiger partial charge on any atom is -0.481 e. The lowest BCUT2D eigenvalue weighted by molar-refractivity contribution is -0.137. The third kappa shape index (κ3) is 5.48. The van der Waals surface area contributed by atoms with Crippen molar-refractivity contribution in [2.75, 3.05) is 0 Å². The second kappa shape index (κ2) is 8.00. The molecule has 0 aliphatic carbocycles. The Labute approximate surface area is 142 Å². The number of alkyl halides is 3. The van der Waals surface area contributed by atoms with Crippen LogP contribution in [0.4, 0.5) is 17.6 Å². The molecule has 0 saturated heterocycles. The van der Waals surface area contributed by atoms with Gasteiger partial charge in [0.05, 0.1) is 5.56 Å². The fraction of sp³-hybridized carbons (Fsp3) is 0.278. The van der Waals surface area contributed by atoms with Crippen LogP contribution in [0.3, 0.4) is 0 Å². The summed E-state index contributed by atoms with van der Waals surface area (Å²) in [5.74, 6) is -0.541.